The van der Waals surface area contributed by atoms with Gasteiger partial charge in [-0.1, -0.05) is 13.3 Å². The first-order chi connectivity index (χ1) is 10.1. The number of hydrogen-bond acceptors (Lipinski definition) is 4. The van der Waals surface area contributed by atoms with Crippen LogP contribution in [0.5, 0.6) is 0 Å². The van der Waals surface area contributed by atoms with Crippen molar-refractivity contribution < 1.29 is 0 Å². The fraction of sp³-hybridized carbons (Fsp3) is 0.643. The molecule has 0 aromatic carbocycles. The SMILES string of the molecule is CCCCn1c(=O)n(C(C)CN)c(=O)c2c1ncn2CC. The quantitative estimate of drug-likeness (QED) is 0.849. The van der Waals surface area contributed by atoms with E-state index in [-0.39, 0.29) is 23.8 Å². The first-order valence-electron chi connectivity index (χ1n) is 7.47. The molecule has 116 valence electrons. The Morgan fingerprint density at radius 1 is 1.33 bits per heavy atom. The number of hydrogen-bond donors (Lipinski definition) is 1. The van der Waals surface area contributed by atoms with Gasteiger partial charge in [-0.3, -0.25) is 13.9 Å². The van der Waals surface area contributed by atoms with Gasteiger partial charge < -0.3 is 10.3 Å². The van der Waals surface area contributed by atoms with Crippen molar-refractivity contribution in [3.63, 3.8) is 0 Å². The molecule has 2 N–H and O–H groups in total. The Labute approximate surface area is 123 Å². The van der Waals surface area contributed by atoms with E-state index < -0.39 is 0 Å². The lowest BCUT2D eigenvalue weighted by molar-refractivity contribution is 0.481. The molecular formula is C14H23N5O2. The topological polar surface area (TPSA) is 87.8 Å². The number of aromatic nitrogens is 4. The van der Waals surface area contributed by atoms with E-state index in [0.29, 0.717) is 24.3 Å². The first kappa shape index (κ1) is 15.5. The molecular weight excluding hydrogens is 270 g/mol. The molecule has 7 nitrogen and oxygen atoms in total. The van der Waals surface area contributed by atoms with Crippen LogP contribution < -0.4 is 17.0 Å². The van der Waals surface area contributed by atoms with Gasteiger partial charge in [0.25, 0.3) is 5.56 Å². The zero-order valence-corrected chi connectivity index (χ0v) is 12.9. The smallest absolute Gasteiger partial charge is 0.328 e. The van der Waals surface area contributed by atoms with Crippen molar-refractivity contribution in [2.24, 2.45) is 5.73 Å². The van der Waals surface area contributed by atoms with Gasteiger partial charge in [-0.2, -0.15) is 0 Å². The summed E-state index contributed by atoms with van der Waals surface area (Å²) in [6, 6.07) is -0.331. The summed E-state index contributed by atoms with van der Waals surface area (Å²) in [5, 5.41) is 0. The molecule has 0 aliphatic heterocycles. The lowest BCUT2D eigenvalue weighted by atomic mass is 10.3. The monoisotopic (exact) mass is 293 g/mol. The minimum Gasteiger partial charge on any atom is -0.328 e. The Balaban J connectivity index is 2.84. The molecule has 0 amide bonds. The predicted octanol–water partition coefficient (Wildman–Crippen LogP) is 0.699. The van der Waals surface area contributed by atoms with Crippen LogP contribution in [-0.2, 0) is 13.1 Å². The van der Waals surface area contributed by atoms with Crippen LogP contribution in [0.1, 0.15) is 39.7 Å². The Hall–Kier alpha value is -1.89. The van der Waals surface area contributed by atoms with Crippen molar-refractivity contribution in [3.05, 3.63) is 27.2 Å². The second-order valence-electron chi connectivity index (χ2n) is 5.25. The number of nitrogens with two attached hydrogens (primary N) is 1. The van der Waals surface area contributed by atoms with Crippen molar-refractivity contribution >= 4 is 11.2 Å². The highest BCUT2D eigenvalue weighted by molar-refractivity contribution is 5.70. The fourth-order valence-corrected chi connectivity index (χ4v) is 2.46. The molecule has 1 atom stereocenters. The van der Waals surface area contributed by atoms with E-state index in [0.717, 1.165) is 12.8 Å². The predicted molar refractivity (Wildman–Crippen MR) is 82.6 cm³/mol. The second kappa shape index (κ2) is 6.26. The van der Waals surface area contributed by atoms with Crippen molar-refractivity contribution in [2.75, 3.05) is 6.54 Å². The number of fused-ring (bicyclic) bond motifs is 1. The van der Waals surface area contributed by atoms with Gasteiger partial charge in [-0.25, -0.2) is 9.78 Å². The number of aryl methyl sites for hydroxylation is 2. The van der Waals surface area contributed by atoms with E-state index in [9.17, 15) is 9.59 Å². The molecule has 1 unspecified atom stereocenters. The number of rotatable bonds is 6. The summed E-state index contributed by atoms with van der Waals surface area (Å²) in [6.07, 6.45) is 3.45. The van der Waals surface area contributed by atoms with Crippen molar-refractivity contribution in [2.45, 2.75) is 52.7 Å². The minimum absolute atomic E-state index is 0.245. The van der Waals surface area contributed by atoms with E-state index in [1.165, 1.54) is 4.57 Å². The van der Waals surface area contributed by atoms with Gasteiger partial charge in [-0.15, -0.1) is 0 Å². The van der Waals surface area contributed by atoms with Crippen LogP contribution in [0, 0.1) is 0 Å². The molecule has 0 bridgehead atoms. The summed E-state index contributed by atoms with van der Waals surface area (Å²) in [5.41, 5.74) is 5.98. The molecule has 2 rings (SSSR count). The Kier molecular flexibility index (Phi) is 4.62. The second-order valence-corrected chi connectivity index (χ2v) is 5.25. The van der Waals surface area contributed by atoms with Crippen LogP contribution in [0.15, 0.2) is 15.9 Å². The molecule has 0 aliphatic carbocycles. The third-order valence-electron chi connectivity index (χ3n) is 3.79. The molecule has 0 spiro atoms. The molecule has 2 aromatic rings. The van der Waals surface area contributed by atoms with E-state index in [2.05, 4.69) is 11.9 Å². The van der Waals surface area contributed by atoms with Gasteiger partial charge in [0.05, 0.1) is 12.4 Å². The third-order valence-corrected chi connectivity index (χ3v) is 3.79. The summed E-state index contributed by atoms with van der Waals surface area (Å²) < 4.78 is 4.63. The molecule has 0 radical (unpaired) electrons. The number of imidazole rings is 1. The van der Waals surface area contributed by atoms with Crippen LogP contribution in [0.3, 0.4) is 0 Å². The molecule has 0 fully saturated rings. The lowest BCUT2D eigenvalue weighted by Crippen LogP contribution is -2.44. The summed E-state index contributed by atoms with van der Waals surface area (Å²) in [5.74, 6) is 0. The van der Waals surface area contributed by atoms with Crippen molar-refractivity contribution in [1.82, 2.24) is 18.7 Å². The average Bonchev–Trinajstić information content (AvgIpc) is 2.91. The van der Waals surface area contributed by atoms with Gasteiger partial charge in [0.15, 0.2) is 11.2 Å². The first-order valence-corrected chi connectivity index (χ1v) is 7.47. The van der Waals surface area contributed by atoms with E-state index >= 15 is 0 Å². The summed E-state index contributed by atoms with van der Waals surface area (Å²) >= 11 is 0. The molecule has 0 saturated carbocycles. The van der Waals surface area contributed by atoms with E-state index in [1.54, 1.807) is 22.4 Å². The lowest BCUT2D eigenvalue weighted by Gasteiger charge is -2.16. The van der Waals surface area contributed by atoms with Crippen molar-refractivity contribution in [3.8, 4) is 0 Å². The van der Waals surface area contributed by atoms with E-state index in [4.69, 9.17) is 5.73 Å². The molecule has 0 aliphatic rings. The Bertz CT molecular complexity index is 740. The van der Waals surface area contributed by atoms with Crippen LogP contribution in [0.25, 0.3) is 11.2 Å². The molecule has 7 heteroatoms. The van der Waals surface area contributed by atoms with Crippen LogP contribution >= 0.6 is 0 Å². The maximum Gasteiger partial charge on any atom is 0.333 e. The summed E-state index contributed by atoms with van der Waals surface area (Å²) in [7, 11) is 0. The van der Waals surface area contributed by atoms with Gasteiger partial charge in [0.2, 0.25) is 0 Å². The zero-order chi connectivity index (χ0) is 15.6. The molecule has 2 aromatic heterocycles. The highest BCUT2D eigenvalue weighted by Gasteiger charge is 2.19. The Morgan fingerprint density at radius 3 is 2.62 bits per heavy atom. The van der Waals surface area contributed by atoms with Crippen LogP contribution in [-0.4, -0.2) is 25.2 Å². The molecule has 0 saturated heterocycles. The highest BCUT2D eigenvalue weighted by atomic mass is 16.2. The summed E-state index contributed by atoms with van der Waals surface area (Å²) in [6.45, 7) is 7.23. The molecule has 21 heavy (non-hydrogen) atoms. The summed E-state index contributed by atoms with van der Waals surface area (Å²) in [4.78, 5) is 29.6. The zero-order valence-electron chi connectivity index (χ0n) is 12.9. The fourth-order valence-electron chi connectivity index (χ4n) is 2.46. The maximum atomic E-state index is 12.6. The molecule has 2 heterocycles. The van der Waals surface area contributed by atoms with Crippen molar-refractivity contribution in [1.29, 1.82) is 0 Å². The number of nitrogens with zero attached hydrogens (tertiary/aromatic N) is 4. The largest absolute Gasteiger partial charge is 0.333 e. The average molecular weight is 293 g/mol. The highest BCUT2D eigenvalue weighted by Crippen LogP contribution is 2.09. The Morgan fingerprint density at radius 2 is 2.05 bits per heavy atom. The maximum absolute atomic E-state index is 12.6. The van der Waals surface area contributed by atoms with Crippen LogP contribution in [0.2, 0.25) is 0 Å². The van der Waals surface area contributed by atoms with Gasteiger partial charge >= 0.3 is 5.69 Å². The minimum atomic E-state index is -0.331. The van der Waals surface area contributed by atoms with Gasteiger partial charge in [0, 0.05) is 19.6 Å². The normalized spacial score (nSPS) is 13.0. The van der Waals surface area contributed by atoms with Gasteiger partial charge in [0.1, 0.15) is 0 Å². The standard InChI is InChI=1S/C14H23N5O2/c1-4-6-7-18-12-11(17(5-2)9-16-12)13(20)19(14(18)21)10(3)8-15/h9-10H,4-8,15H2,1-3H3. The third kappa shape index (κ3) is 2.53. The van der Waals surface area contributed by atoms with Gasteiger partial charge in [-0.05, 0) is 20.3 Å². The number of unbranched alkanes of at least 4 members (excludes halogenated alkanes) is 1. The van der Waals surface area contributed by atoms with Crippen LogP contribution in [0.4, 0.5) is 0 Å². The van der Waals surface area contributed by atoms with E-state index in [1.807, 2.05) is 6.92 Å².